The van der Waals surface area contributed by atoms with Gasteiger partial charge in [0, 0.05) is 16.7 Å². The molecule has 1 aromatic rings. The van der Waals surface area contributed by atoms with Gasteiger partial charge < -0.3 is 15.4 Å². The first-order chi connectivity index (χ1) is 9.66. The molecule has 0 radical (unpaired) electrons. The second kappa shape index (κ2) is 5.74. The van der Waals surface area contributed by atoms with Gasteiger partial charge >= 0.3 is 0 Å². The van der Waals surface area contributed by atoms with Crippen LogP contribution in [0.4, 0.5) is 5.69 Å². The Kier molecular flexibility index (Phi) is 3.98. The number of amides is 1. The molecule has 1 aliphatic carbocycles. The van der Waals surface area contributed by atoms with E-state index in [9.17, 15) is 4.79 Å². The molecule has 1 aliphatic heterocycles. The largest absolute Gasteiger partial charge is 0.398 e. The van der Waals surface area contributed by atoms with Crippen molar-refractivity contribution >= 4 is 27.5 Å². The molecule has 20 heavy (non-hydrogen) atoms. The molecule has 1 saturated heterocycles. The minimum atomic E-state index is 0.0315. The van der Waals surface area contributed by atoms with Crippen LogP contribution in [-0.2, 0) is 4.74 Å². The fourth-order valence-electron chi connectivity index (χ4n) is 3.22. The van der Waals surface area contributed by atoms with Gasteiger partial charge in [-0.2, -0.15) is 0 Å². The van der Waals surface area contributed by atoms with Crippen molar-refractivity contribution in [2.24, 2.45) is 0 Å². The van der Waals surface area contributed by atoms with E-state index < -0.39 is 0 Å². The fraction of sp³-hybridized carbons (Fsp3) is 0.533. The molecule has 0 aromatic heterocycles. The van der Waals surface area contributed by atoms with Crippen molar-refractivity contribution in [2.75, 3.05) is 18.9 Å². The van der Waals surface area contributed by atoms with Crippen LogP contribution in [0, 0.1) is 0 Å². The van der Waals surface area contributed by atoms with Crippen LogP contribution in [0.2, 0.25) is 0 Å². The summed E-state index contributed by atoms with van der Waals surface area (Å²) in [5.74, 6) is 0.0315. The number of fused-ring (bicyclic) bond motifs is 1. The molecule has 0 bridgehead atoms. The number of rotatable bonds is 1. The number of carbonyl (C=O) groups is 1. The first kappa shape index (κ1) is 13.9. The molecule has 2 fully saturated rings. The van der Waals surface area contributed by atoms with Gasteiger partial charge in [0.2, 0.25) is 0 Å². The quantitative estimate of drug-likeness (QED) is 0.801. The van der Waals surface area contributed by atoms with E-state index in [2.05, 4.69) is 15.9 Å². The number of ether oxygens (including phenoxy) is 1. The number of nitrogens with two attached hydrogens (primary N) is 1. The van der Waals surface area contributed by atoms with E-state index in [-0.39, 0.29) is 18.1 Å². The number of hydrogen-bond donors (Lipinski definition) is 1. The maximum atomic E-state index is 12.8. The van der Waals surface area contributed by atoms with E-state index in [1.807, 2.05) is 17.0 Å². The first-order valence-electron chi connectivity index (χ1n) is 7.14. The highest BCUT2D eigenvalue weighted by atomic mass is 79.9. The van der Waals surface area contributed by atoms with Crippen LogP contribution in [-0.4, -0.2) is 36.1 Å². The maximum Gasteiger partial charge on any atom is 0.256 e. The Morgan fingerprint density at radius 2 is 2.15 bits per heavy atom. The summed E-state index contributed by atoms with van der Waals surface area (Å²) in [6.07, 6.45) is 4.66. The predicted octanol–water partition coefficient (Wildman–Crippen LogP) is 2.81. The number of hydrogen-bond acceptors (Lipinski definition) is 3. The Hall–Kier alpha value is -1.07. The van der Waals surface area contributed by atoms with Crippen molar-refractivity contribution in [3.05, 3.63) is 28.2 Å². The topological polar surface area (TPSA) is 55.6 Å². The lowest BCUT2D eigenvalue weighted by atomic mass is 9.89. The van der Waals surface area contributed by atoms with E-state index in [1.54, 1.807) is 6.07 Å². The highest BCUT2D eigenvalue weighted by molar-refractivity contribution is 9.10. The maximum absolute atomic E-state index is 12.8. The second-order valence-corrected chi connectivity index (χ2v) is 6.41. The Morgan fingerprint density at radius 1 is 1.35 bits per heavy atom. The first-order valence-corrected chi connectivity index (χ1v) is 7.94. The normalized spacial score (nSPS) is 26.1. The average molecular weight is 339 g/mol. The molecule has 1 saturated carbocycles. The second-order valence-electron chi connectivity index (χ2n) is 5.49. The Balaban J connectivity index is 1.87. The van der Waals surface area contributed by atoms with Gasteiger partial charge in [0.25, 0.3) is 5.91 Å². The fourth-order valence-corrected chi connectivity index (χ4v) is 3.58. The Labute approximate surface area is 127 Å². The number of carbonyl (C=O) groups excluding carboxylic acids is 1. The highest BCUT2D eigenvalue weighted by Gasteiger charge is 2.37. The molecule has 2 atom stereocenters. The Morgan fingerprint density at radius 3 is 3.00 bits per heavy atom. The lowest BCUT2D eigenvalue weighted by molar-refractivity contribution is -0.0752. The summed E-state index contributed by atoms with van der Waals surface area (Å²) in [6, 6.07) is 5.65. The van der Waals surface area contributed by atoms with E-state index in [0.717, 1.165) is 17.3 Å². The zero-order valence-electron chi connectivity index (χ0n) is 11.3. The number of morpholine rings is 1. The monoisotopic (exact) mass is 338 g/mol. The van der Waals surface area contributed by atoms with E-state index in [0.29, 0.717) is 24.4 Å². The van der Waals surface area contributed by atoms with E-state index in [4.69, 9.17) is 10.5 Å². The van der Waals surface area contributed by atoms with Crippen LogP contribution in [0.25, 0.3) is 0 Å². The third-order valence-corrected chi connectivity index (χ3v) is 4.73. The van der Waals surface area contributed by atoms with Gasteiger partial charge in [-0.3, -0.25) is 4.79 Å². The van der Waals surface area contributed by atoms with Gasteiger partial charge in [-0.15, -0.1) is 0 Å². The number of nitrogens with zero attached hydrogens (tertiary/aromatic N) is 1. The van der Waals surface area contributed by atoms with Crippen LogP contribution < -0.4 is 5.73 Å². The van der Waals surface area contributed by atoms with Crippen LogP contribution >= 0.6 is 15.9 Å². The molecular weight excluding hydrogens is 320 g/mol. The summed E-state index contributed by atoms with van der Waals surface area (Å²) in [4.78, 5) is 14.8. The molecule has 4 nitrogen and oxygen atoms in total. The van der Waals surface area contributed by atoms with E-state index in [1.165, 1.54) is 12.8 Å². The van der Waals surface area contributed by atoms with E-state index >= 15 is 0 Å². The summed E-state index contributed by atoms with van der Waals surface area (Å²) in [5.41, 5.74) is 7.09. The van der Waals surface area contributed by atoms with Gasteiger partial charge in [0.05, 0.1) is 24.3 Å². The van der Waals surface area contributed by atoms with Gasteiger partial charge in [-0.25, -0.2) is 0 Å². The lowest BCUT2D eigenvalue weighted by Crippen LogP contribution is -2.54. The van der Waals surface area contributed by atoms with Gasteiger partial charge in [-0.1, -0.05) is 28.8 Å². The summed E-state index contributed by atoms with van der Waals surface area (Å²) in [5, 5.41) is 0. The predicted molar refractivity (Wildman–Crippen MR) is 81.6 cm³/mol. The van der Waals surface area contributed by atoms with Crippen LogP contribution in [0.3, 0.4) is 0 Å². The number of benzene rings is 1. The summed E-state index contributed by atoms with van der Waals surface area (Å²) < 4.78 is 6.70. The van der Waals surface area contributed by atoms with Gasteiger partial charge in [0.15, 0.2) is 0 Å². The zero-order chi connectivity index (χ0) is 14.1. The molecule has 5 heteroatoms. The molecule has 1 aromatic carbocycles. The smallest absolute Gasteiger partial charge is 0.256 e. The number of halogens is 1. The standard InChI is InChI=1S/C15H19BrN2O2/c16-10-5-6-12(17)11(9-10)15(19)18-7-8-20-14-4-2-1-3-13(14)18/h5-6,9,13-14H,1-4,7-8,17H2. The SMILES string of the molecule is Nc1ccc(Br)cc1C(=O)N1CCOC2CCCCC21. The molecule has 1 heterocycles. The third kappa shape index (κ3) is 2.56. The third-order valence-electron chi connectivity index (χ3n) is 4.24. The molecule has 108 valence electrons. The van der Waals surface area contributed by atoms with Gasteiger partial charge in [-0.05, 0) is 31.0 Å². The van der Waals surface area contributed by atoms with Crippen molar-refractivity contribution in [1.29, 1.82) is 0 Å². The molecule has 2 unspecified atom stereocenters. The van der Waals surface area contributed by atoms with Crippen LogP contribution in [0.5, 0.6) is 0 Å². The van der Waals surface area contributed by atoms with Crippen molar-refractivity contribution in [3.63, 3.8) is 0 Å². The molecular formula is C15H19BrN2O2. The van der Waals surface area contributed by atoms with Crippen LogP contribution in [0.1, 0.15) is 36.0 Å². The number of nitrogen functional groups attached to an aromatic ring is 1. The molecule has 1 amide bonds. The minimum Gasteiger partial charge on any atom is -0.398 e. The lowest BCUT2D eigenvalue weighted by Gasteiger charge is -2.43. The highest BCUT2D eigenvalue weighted by Crippen LogP contribution is 2.30. The summed E-state index contributed by atoms with van der Waals surface area (Å²) in [7, 11) is 0. The van der Waals surface area contributed by atoms with Crippen LogP contribution in [0.15, 0.2) is 22.7 Å². The zero-order valence-corrected chi connectivity index (χ0v) is 12.9. The average Bonchev–Trinajstić information content (AvgIpc) is 2.48. The van der Waals surface area contributed by atoms with Crippen molar-refractivity contribution in [2.45, 2.75) is 37.8 Å². The minimum absolute atomic E-state index is 0.0315. The Bertz CT molecular complexity index is 519. The van der Waals surface area contributed by atoms with Crippen molar-refractivity contribution in [3.8, 4) is 0 Å². The molecule has 2 N–H and O–H groups in total. The molecule has 2 aliphatic rings. The van der Waals surface area contributed by atoms with Crippen molar-refractivity contribution in [1.82, 2.24) is 4.90 Å². The number of anilines is 1. The summed E-state index contributed by atoms with van der Waals surface area (Å²) >= 11 is 3.41. The molecule has 3 rings (SSSR count). The van der Waals surface area contributed by atoms with Gasteiger partial charge in [0.1, 0.15) is 0 Å². The van der Waals surface area contributed by atoms with Crippen molar-refractivity contribution < 1.29 is 9.53 Å². The molecule has 0 spiro atoms. The summed E-state index contributed by atoms with van der Waals surface area (Å²) in [6.45, 7) is 1.28.